The average Bonchev–Trinajstić information content (AvgIpc) is 2.71. The second kappa shape index (κ2) is 9.04. The minimum atomic E-state index is -0.338. The quantitative estimate of drug-likeness (QED) is 0.560. The maximum Gasteiger partial charge on any atom is 0.251 e. The van der Waals surface area contributed by atoms with E-state index >= 15 is 0 Å². The van der Waals surface area contributed by atoms with E-state index in [1.165, 1.54) is 5.01 Å². The molecule has 3 amide bonds. The van der Waals surface area contributed by atoms with E-state index < -0.39 is 0 Å². The number of hydrogen-bond donors (Lipinski definition) is 2. The molecule has 3 unspecified atom stereocenters. The zero-order valence-corrected chi connectivity index (χ0v) is 16.6. The normalized spacial score (nSPS) is 22.4. The van der Waals surface area contributed by atoms with Crippen molar-refractivity contribution >= 4 is 23.4 Å². The molecular formula is C22H29N3O3. The van der Waals surface area contributed by atoms with Crippen molar-refractivity contribution in [2.45, 2.75) is 58.4 Å². The second-order valence-electron chi connectivity index (χ2n) is 7.73. The highest BCUT2D eigenvalue weighted by atomic mass is 16.2. The number of carbonyl (C=O) groups is 3. The summed E-state index contributed by atoms with van der Waals surface area (Å²) in [5, 5.41) is 4.31. The Kier molecular flexibility index (Phi) is 6.49. The van der Waals surface area contributed by atoms with Gasteiger partial charge in [-0.05, 0) is 44.4 Å². The zero-order valence-electron chi connectivity index (χ0n) is 16.6. The van der Waals surface area contributed by atoms with Crippen LogP contribution in [0.3, 0.4) is 0 Å². The summed E-state index contributed by atoms with van der Waals surface area (Å²) in [5.74, 6) is -1.08. The lowest BCUT2D eigenvalue weighted by molar-refractivity contribution is -0.139. The van der Waals surface area contributed by atoms with Crippen LogP contribution >= 0.6 is 0 Å². The summed E-state index contributed by atoms with van der Waals surface area (Å²) in [6.45, 7) is 4.16. The Balaban J connectivity index is 1.70. The van der Waals surface area contributed by atoms with E-state index in [9.17, 15) is 14.4 Å². The monoisotopic (exact) mass is 383 g/mol. The Labute approximate surface area is 166 Å². The van der Waals surface area contributed by atoms with Crippen molar-refractivity contribution in [2.75, 3.05) is 5.01 Å². The molecule has 6 heteroatoms. The summed E-state index contributed by atoms with van der Waals surface area (Å²) in [5.41, 5.74) is 3.69. The minimum absolute atomic E-state index is 0.0915. The number of anilines is 1. The number of nitrogens with one attached hydrogen (secondary N) is 2. The van der Waals surface area contributed by atoms with Crippen LogP contribution in [0.15, 0.2) is 36.4 Å². The van der Waals surface area contributed by atoms with Gasteiger partial charge in [-0.2, -0.15) is 0 Å². The van der Waals surface area contributed by atoms with Crippen molar-refractivity contribution in [2.24, 2.45) is 11.8 Å². The molecule has 3 rings (SSSR count). The van der Waals surface area contributed by atoms with Gasteiger partial charge in [-0.1, -0.05) is 44.4 Å². The third-order valence-corrected chi connectivity index (χ3v) is 5.51. The van der Waals surface area contributed by atoms with Gasteiger partial charge in [-0.3, -0.25) is 19.8 Å². The highest BCUT2D eigenvalue weighted by molar-refractivity contribution is 6.05. The second-order valence-corrected chi connectivity index (χ2v) is 7.73. The van der Waals surface area contributed by atoms with Crippen LogP contribution in [0.4, 0.5) is 5.69 Å². The molecule has 1 aromatic carbocycles. The smallest absolute Gasteiger partial charge is 0.251 e. The van der Waals surface area contributed by atoms with Gasteiger partial charge in [0.1, 0.15) is 0 Å². The number of benzene rings is 1. The van der Waals surface area contributed by atoms with Gasteiger partial charge < -0.3 is 5.32 Å². The highest BCUT2D eigenvalue weighted by Gasteiger charge is 2.42. The van der Waals surface area contributed by atoms with Crippen molar-refractivity contribution in [3.8, 4) is 0 Å². The molecule has 1 heterocycles. The van der Waals surface area contributed by atoms with Crippen LogP contribution in [0.2, 0.25) is 0 Å². The van der Waals surface area contributed by atoms with Crippen LogP contribution in [0.1, 0.15) is 62.7 Å². The number of allylic oxidation sites excluding steroid dienone is 2. The summed E-state index contributed by atoms with van der Waals surface area (Å²) < 4.78 is 0. The largest absolute Gasteiger partial charge is 0.350 e. The molecule has 1 aliphatic heterocycles. The maximum absolute atomic E-state index is 12.9. The Hall–Kier alpha value is -2.63. The lowest BCUT2D eigenvalue weighted by Crippen LogP contribution is -2.59. The zero-order chi connectivity index (χ0) is 20.1. The molecule has 1 fully saturated rings. The van der Waals surface area contributed by atoms with Crippen molar-refractivity contribution in [3.05, 3.63) is 42.0 Å². The number of nitrogens with zero attached hydrogens (tertiary/aromatic N) is 1. The van der Waals surface area contributed by atoms with Crippen LogP contribution < -0.4 is 15.8 Å². The fourth-order valence-electron chi connectivity index (χ4n) is 3.85. The van der Waals surface area contributed by atoms with E-state index in [-0.39, 0.29) is 35.6 Å². The first kappa shape index (κ1) is 20.1. The first-order valence-corrected chi connectivity index (χ1v) is 10.2. The Morgan fingerprint density at radius 1 is 1.21 bits per heavy atom. The van der Waals surface area contributed by atoms with Gasteiger partial charge in [0.25, 0.3) is 5.91 Å². The molecule has 150 valence electrons. The molecule has 1 aliphatic carbocycles. The van der Waals surface area contributed by atoms with E-state index in [2.05, 4.69) is 17.7 Å². The SMILES string of the molecule is CCCCCC(C)NC(=O)c1cccc(N2NC(=O)C3CC=CCC3C2=O)c1. The molecule has 2 aliphatic rings. The number of rotatable bonds is 7. The molecule has 0 aromatic heterocycles. The van der Waals surface area contributed by atoms with Crippen LogP contribution in [-0.4, -0.2) is 23.8 Å². The van der Waals surface area contributed by atoms with E-state index in [1.54, 1.807) is 24.3 Å². The third kappa shape index (κ3) is 4.43. The van der Waals surface area contributed by atoms with Crippen molar-refractivity contribution in [1.29, 1.82) is 0 Å². The van der Waals surface area contributed by atoms with Crippen molar-refractivity contribution < 1.29 is 14.4 Å². The number of amides is 3. The van der Waals surface area contributed by atoms with E-state index in [1.807, 2.05) is 19.1 Å². The molecule has 1 saturated heterocycles. The lowest BCUT2D eigenvalue weighted by atomic mass is 9.80. The molecule has 6 nitrogen and oxygen atoms in total. The lowest BCUT2D eigenvalue weighted by Gasteiger charge is -2.38. The van der Waals surface area contributed by atoms with Crippen molar-refractivity contribution in [3.63, 3.8) is 0 Å². The summed E-state index contributed by atoms with van der Waals surface area (Å²) in [4.78, 5) is 37.9. The van der Waals surface area contributed by atoms with E-state index in [0.29, 0.717) is 24.1 Å². The van der Waals surface area contributed by atoms with Crippen molar-refractivity contribution in [1.82, 2.24) is 10.7 Å². The van der Waals surface area contributed by atoms with Crippen LogP contribution in [0.25, 0.3) is 0 Å². The molecule has 28 heavy (non-hydrogen) atoms. The number of hydrazine groups is 1. The fraction of sp³-hybridized carbons (Fsp3) is 0.500. The van der Waals surface area contributed by atoms with E-state index in [4.69, 9.17) is 0 Å². The van der Waals surface area contributed by atoms with Gasteiger partial charge in [0.2, 0.25) is 11.8 Å². The van der Waals surface area contributed by atoms with Gasteiger partial charge in [0.15, 0.2) is 0 Å². The first-order chi connectivity index (χ1) is 13.5. The maximum atomic E-state index is 12.9. The van der Waals surface area contributed by atoms with Gasteiger partial charge in [0.05, 0.1) is 17.5 Å². The molecular weight excluding hydrogens is 354 g/mol. The molecule has 0 bridgehead atoms. The number of fused-ring (bicyclic) bond motifs is 1. The Morgan fingerprint density at radius 2 is 1.96 bits per heavy atom. The van der Waals surface area contributed by atoms with Gasteiger partial charge in [0, 0.05) is 11.6 Å². The summed E-state index contributed by atoms with van der Waals surface area (Å²) in [7, 11) is 0. The van der Waals surface area contributed by atoms with E-state index in [0.717, 1.165) is 25.7 Å². The molecule has 2 N–H and O–H groups in total. The Morgan fingerprint density at radius 3 is 2.71 bits per heavy atom. The standard InChI is InChI=1S/C22H29N3O3/c1-3-4-5-9-15(2)23-20(26)16-10-8-11-17(14-16)25-22(28)19-13-7-6-12-18(19)21(27)24-25/h6-8,10-11,14-15,18-19H,3-5,9,12-13H2,1-2H3,(H,23,26)(H,24,27). The highest BCUT2D eigenvalue weighted by Crippen LogP contribution is 2.32. The summed E-state index contributed by atoms with van der Waals surface area (Å²) in [6.07, 6.45) is 9.41. The molecule has 1 aromatic rings. The molecule has 0 saturated carbocycles. The van der Waals surface area contributed by atoms with Gasteiger partial charge >= 0.3 is 0 Å². The van der Waals surface area contributed by atoms with Gasteiger partial charge in [-0.15, -0.1) is 0 Å². The average molecular weight is 383 g/mol. The predicted octanol–water partition coefficient (Wildman–Crippen LogP) is 3.35. The third-order valence-electron chi connectivity index (χ3n) is 5.51. The minimum Gasteiger partial charge on any atom is -0.350 e. The molecule has 0 spiro atoms. The number of carbonyl (C=O) groups excluding carboxylic acids is 3. The first-order valence-electron chi connectivity index (χ1n) is 10.2. The molecule has 3 atom stereocenters. The number of unbranched alkanes of at least 4 members (excludes halogenated alkanes) is 2. The van der Waals surface area contributed by atoms with Crippen LogP contribution in [0, 0.1) is 11.8 Å². The Bertz CT molecular complexity index is 774. The topological polar surface area (TPSA) is 78.5 Å². The summed E-state index contributed by atoms with van der Waals surface area (Å²) in [6, 6.07) is 6.94. The number of hydrogen-bond acceptors (Lipinski definition) is 3. The van der Waals surface area contributed by atoms with Crippen LogP contribution in [-0.2, 0) is 9.59 Å². The van der Waals surface area contributed by atoms with Crippen LogP contribution in [0.5, 0.6) is 0 Å². The molecule has 0 radical (unpaired) electrons. The fourth-order valence-corrected chi connectivity index (χ4v) is 3.85. The van der Waals surface area contributed by atoms with Gasteiger partial charge in [-0.25, -0.2) is 5.01 Å². The summed E-state index contributed by atoms with van der Waals surface area (Å²) >= 11 is 0. The predicted molar refractivity (Wildman–Crippen MR) is 108 cm³/mol.